The number of rotatable bonds is 8. The third-order valence-corrected chi connectivity index (χ3v) is 3.91. The number of carbonyl (C=O) groups is 1. The minimum atomic E-state index is -0.312. The Morgan fingerprint density at radius 3 is 2.70 bits per heavy atom. The lowest BCUT2D eigenvalue weighted by Crippen LogP contribution is -2.24. The van der Waals surface area contributed by atoms with E-state index in [9.17, 15) is 4.79 Å². The van der Waals surface area contributed by atoms with Gasteiger partial charge in [-0.1, -0.05) is 44.2 Å². The lowest BCUT2D eigenvalue weighted by Gasteiger charge is -2.14. The Bertz CT molecular complexity index is 826. The molecule has 5 heteroatoms. The zero-order valence-electron chi connectivity index (χ0n) is 16.2. The number of hydrogen-bond acceptors (Lipinski definition) is 4. The summed E-state index contributed by atoms with van der Waals surface area (Å²) in [7, 11) is 1.62. The van der Waals surface area contributed by atoms with Crippen molar-refractivity contribution in [1.29, 1.82) is 0 Å². The average Bonchev–Trinajstić information content (AvgIpc) is 2.66. The summed E-state index contributed by atoms with van der Waals surface area (Å²) < 4.78 is 10.9. The third kappa shape index (κ3) is 6.29. The highest BCUT2D eigenvalue weighted by Crippen LogP contribution is 2.27. The van der Waals surface area contributed by atoms with Gasteiger partial charge >= 0.3 is 0 Å². The van der Waals surface area contributed by atoms with Crippen molar-refractivity contribution in [3.63, 3.8) is 0 Å². The predicted molar refractivity (Wildman–Crippen MR) is 109 cm³/mol. The van der Waals surface area contributed by atoms with E-state index in [0.29, 0.717) is 5.92 Å². The first-order valence-corrected chi connectivity index (χ1v) is 8.86. The molecule has 2 rings (SSSR count). The molecule has 2 aromatic carbocycles. The normalized spacial score (nSPS) is 11.3. The fourth-order valence-corrected chi connectivity index (χ4v) is 2.52. The van der Waals surface area contributed by atoms with Crippen LogP contribution in [0.25, 0.3) is 6.08 Å². The maximum Gasteiger partial charge on any atom is 0.277 e. The summed E-state index contributed by atoms with van der Waals surface area (Å²) in [5, 5.41) is 3.90. The van der Waals surface area contributed by atoms with Crippen molar-refractivity contribution in [2.75, 3.05) is 13.7 Å². The predicted octanol–water partition coefficient (Wildman–Crippen LogP) is 4.32. The van der Waals surface area contributed by atoms with Crippen LogP contribution in [0.15, 0.2) is 53.6 Å². The van der Waals surface area contributed by atoms with Gasteiger partial charge in [0.15, 0.2) is 6.61 Å². The first-order valence-electron chi connectivity index (χ1n) is 8.86. The number of amides is 1. The number of methoxy groups -OCH3 is 1. The second kappa shape index (κ2) is 10.2. The van der Waals surface area contributed by atoms with E-state index >= 15 is 0 Å². The largest absolute Gasteiger partial charge is 0.496 e. The second-order valence-corrected chi connectivity index (χ2v) is 6.40. The quantitative estimate of drug-likeness (QED) is 0.559. The fraction of sp³-hybridized carbons (Fsp3) is 0.273. The van der Waals surface area contributed by atoms with Gasteiger partial charge in [-0.3, -0.25) is 4.79 Å². The van der Waals surface area contributed by atoms with Crippen LogP contribution in [-0.2, 0) is 4.79 Å². The Morgan fingerprint density at radius 1 is 1.19 bits per heavy atom. The van der Waals surface area contributed by atoms with Crippen molar-refractivity contribution in [2.24, 2.45) is 5.10 Å². The highest BCUT2D eigenvalue weighted by molar-refractivity contribution is 5.82. The molecule has 0 bridgehead atoms. The maximum absolute atomic E-state index is 11.9. The van der Waals surface area contributed by atoms with Gasteiger partial charge < -0.3 is 9.47 Å². The summed E-state index contributed by atoms with van der Waals surface area (Å²) in [6.07, 6.45) is 5.10. The van der Waals surface area contributed by atoms with Crippen molar-refractivity contribution in [3.05, 3.63) is 65.2 Å². The van der Waals surface area contributed by atoms with Crippen LogP contribution >= 0.6 is 0 Å². The summed E-state index contributed by atoms with van der Waals surface area (Å²) in [4.78, 5) is 11.9. The highest BCUT2D eigenvalue weighted by Gasteiger charge is 2.09. The third-order valence-electron chi connectivity index (χ3n) is 3.91. The number of para-hydroxylation sites is 1. The van der Waals surface area contributed by atoms with Crippen LogP contribution < -0.4 is 14.9 Å². The minimum Gasteiger partial charge on any atom is -0.496 e. The molecule has 142 valence electrons. The van der Waals surface area contributed by atoms with Gasteiger partial charge in [-0.15, -0.1) is 0 Å². The molecular weight excluding hydrogens is 340 g/mol. The molecule has 0 aliphatic carbocycles. The zero-order chi connectivity index (χ0) is 19.6. The summed E-state index contributed by atoms with van der Waals surface area (Å²) >= 11 is 0. The van der Waals surface area contributed by atoms with Gasteiger partial charge in [-0.25, -0.2) is 5.43 Å². The number of nitrogens with one attached hydrogen (secondary N) is 1. The van der Waals surface area contributed by atoms with E-state index in [1.54, 1.807) is 13.2 Å². The lowest BCUT2D eigenvalue weighted by molar-refractivity contribution is -0.123. The molecule has 1 amide bonds. The van der Waals surface area contributed by atoms with Crippen LogP contribution in [0.1, 0.15) is 36.5 Å². The zero-order valence-corrected chi connectivity index (χ0v) is 16.2. The number of hydrazone groups is 1. The number of benzene rings is 2. The highest BCUT2D eigenvalue weighted by atomic mass is 16.5. The van der Waals surface area contributed by atoms with Gasteiger partial charge in [0.05, 0.1) is 7.11 Å². The first kappa shape index (κ1) is 20.2. The van der Waals surface area contributed by atoms with Crippen molar-refractivity contribution in [3.8, 4) is 11.5 Å². The van der Waals surface area contributed by atoms with E-state index < -0.39 is 0 Å². The topological polar surface area (TPSA) is 59.9 Å². The van der Waals surface area contributed by atoms with E-state index in [0.717, 1.165) is 28.2 Å². The Balaban J connectivity index is 1.85. The standard InChI is InChI=1S/C22H26N2O3/c1-16(2)19-12-11-17(3)14-21(19)27-15-22(25)24-23-13-7-9-18-8-5-6-10-20(18)26-4/h5-14,16H,15H2,1-4H3,(H,24,25)/b9-7+,23-13-. The molecule has 0 atom stereocenters. The van der Waals surface area contributed by atoms with Crippen LogP contribution in [0, 0.1) is 6.92 Å². The molecule has 5 nitrogen and oxygen atoms in total. The van der Waals surface area contributed by atoms with Crippen LogP contribution in [-0.4, -0.2) is 25.8 Å². The van der Waals surface area contributed by atoms with Crippen molar-refractivity contribution in [1.82, 2.24) is 5.43 Å². The SMILES string of the molecule is COc1ccccc1/C=C/C=N\NC(=O)COc1cc(C)ccc1C(C)C. The van der Waals surface area contributed by atoms with Gasteiger partial charge in [0.25, 0.3) is 5.91 Å². The molecule has 0 aliphatic rings. The summed E-state index contributed by atoms with van der Waals surface area (Å²) in [5.74, 6) is 1.52. The van der Waals surface area contributed by atoms with E-state index in [2.05, 4.69) is 24.4 Å². The molecular formula is C22H26N2O3. The molecule has 0 fully saturated rings. The Kier molecular flexibility index (Phi) is 7.62. The van der Waals surface area contributed by atoms with Crippen LogP contribution in [0.5, 0.6) is 11.5 Å². The number of aryl methyl sites for hydroxylation is 1. The molecule has 27 heavy (non-hydrogen) atoms. The van der Waals surface area contributed by atoms with Gasteiger partial charge in [-0.2, -0.15) is 5.10 Å². The van der Waals surface area contributed by atoms with Gasteiger partial charge in [0, 0.05) is 11.8 Å². The molecule has 0 aromatic heterocycles. The maximum atomic E-state index is 11.9. The summed E-state index contributed by atoms with van der Waals surface area (Å²) in [6.45, 7) is 6.10. The smallest absolute Gasteiger partial charge is 0.277 e. The monoisotopic (exact) mass is 366 g/mol. The van der Waals surface area contributed by atoms with Crippen LogP contribution in [0.3, 0.4) is 0 Å². The van der Waals surface area contributed by atoms with Crippen molar-refractivity contribution >= 4 is 18.2 Å². The van der Waals surface area contributed by atoms with Crippen molar-refractivity contribution in [2.45, 2.75) is 26.7 Å². The molecule has 1 N–H and O–H groups in total. The van der Waals surface area contributed by atoms with Gasteiger partial charge in [0.2, 0.25) is 0 Å². The van der Waals surface area contributed by atoms with E-state index in [4.69, 9.17) is 9.47 Å². The molecule has 0 saturated carbocycles. The molecule has 0 heterocycles. The molecule has 0 saturated heterocycles. The van der Waals surface area contributed by atoms with Crippen molar-refractivity contribution < 1.29 is 14.3 Å². The number of ether oxygens (including phenoxy) is 2. The lowest BCUT2D eigenvalue weighted by atomic mass is 10.0. The van der Waals surface area contributed by atoms with Crippen LogP contribution in [0.4, 0.5) is 0 Å². The number of allylic oxidation sites excluding steroid dienone is 1. The Morgan fingerprint density at radius 2 is 1.96 bits per heavy atom. The number of carbonyl (C=O) groups excluding carboxylic acids is 1. The summed E-state index contributed by atoms with van der Waals surface area (Å²) in [5.41, 5.74) is 5.56. The Hall–Kier alpha value is -3.08. The van der Waals surface area contributed by atoms with Gasteiger partial charge in [0.1, 0.15) is 11.5 Å². The van der Waals surface area contributed by atoms with E-state index in [1.807, 2.05) is 55.5 Å². The average molecular weight is 366 g/mol. The molecule has 0 spiro atoms. The molecule has 2 aromatic rings. The minimum absolute atomic E-state index is 0.0866. The molecule has 0 unspecified atom stereocenters. The fourth-order valence-electron chi connectivity index (χ4n) is 2.52. The van der Waals surface area contributed by atoms with E-state index in [1.165, 1.54) is 6.21 Å². The second-order valence-electron chi connectivity index (χ2n) is 6.40. The van der Waals surface area contributed by atoms with E-state index in [-0.39, 0.29) is 12.5 Å². The van der Waals surface area contributed by atoms with Gasteiger partial charge in [-0.05, 0) is 48.3 Å². The number of hydrogen-bond donors (Lipinski definition) is 1. The molecule has 0 radical (unpaired) electrons. The first-order chi connectivity index (χ1) is 13.0. The molecule has 0 aliphatic heterocycles. The Labute approximate surface area is 160 Å². The number of nitrogens with zero attached hydrogens (tertiary/aromatic N) is 1. The van der Waals surface area contributed by atoms with Crippen LogP contribution in [0.2, 0.25) is 0 Å². The summed E-state index contributed by atoms with van der Waals surface area (Å²) in [6, 6.07) is 13.7.